The summed E-state index contributed by atoms with van der Waals surface area (Å²) < 4.78 is 0. The third-order valence-corrected chi connectivity index (χ3v) is 3.90. The summed E-state index contributed by atoms with van der Waals surface area (Å²) in [5.74, 6) is -0.981. The Morgan fingerprint density at radius 2 is 2.10 bits per heavy atom. The van der Waals surface area contributed by atoms with E-state index in [4.69, 9.17) is 5.11 Å². The van der Waals surface area contributed by atoms with Crippen molar-refractivity contribution in [1.82, 2.24) is 4.90 Å². The maximum Gasteiger partial charge on any atom is 0.335 e. The Balaban J connectivity index is 2.03. The van der Waals surface area contributed by atoms with Crippen molar-refractivity contribution >= 4 is 29.0 Å². The van der Waals surface area contributed by atoms with Gasteiger partial charge in [0.05, 0.1) is 12.1 Å². The highest BCUT2D eigenvalue weighted by Crippen LogP contribution is 2.18. The van der Waals surface area contributed by atoms with Crippen molar-refractivity contribution in [2.75, 3.05) is 12.4 Å². The molecule has 21 heavy (non-hydrogen) atoms. The molecule has 2 aromatic rings. The highest BCUT2D eigenvalue weighted by atomic mass is 32.1. The van der Waals surface area contributed by atoms with Crippen LogP contribution in [0.3, 0.4) is 0 Å². The Hall–Kier alpha value is -2.34. The van der Waals surface area contributed by atoms with Crippen molar-refractivity contribution in [3.8, 4) is 0 Å². The quantitative estimate of drug-likeness (QED) is 0.909. The van der Waals surface area contributed by atoms with Gasteiger partial charge in [-0.05, 0) is 42.1 Å². The van der Waals surface area contributed by atoms with Crippen LogP contribution in [0.1, 0.15) is 20.8 Å². The molecule has 0 aliphatic heterocycles. The molecular weight excluding hydrogens is 288 g/mol. The van der Waals surface area contributed by atoms with E-state index in [9.17, 15) is 9.59 Å². The van der Waals surface area contributed by atoms with Crippen molar-refractivity contribution in [3.63, 3.8) is 0 Å². The van der Waals surface area contributed by atoms with Crippen LogP contribution >= 0.6 is 11.3 Å². The number of hydrogen-bond acceptors (Lipinski definition) is 3. The fourth-order valence-corrected chi connectivity index (χ4v) is 2.61. The van der Waals surface area contributed by atoms with E-state index in [2.05, 4.69) is 5.32 Å². The van der Waals surface area contributed by atoms with E-state index >= 15 is 0 Å². The summed E-state index contributed by atoms with van der Waals surface area (Å²) in [4.78, 5) is 25.7. The molecule has 0 fully saturated rings. The standard InChI is InChI=1S/C15H16N2O3S/c1-10-8-11(14(18)19)5-6-13(10)16-15(20)17(2)9-12-4-3-7-21-12/h3-8H,9H2,1-2H3,(H,16,20)(H,18,19). The van der Waals surface area contributed by atoms with Gasteiger partial charge in [0.1, 0.15) is 0 Å². The number of aryl methyl sites for hydroxylation is 1. The first-order valence-corrected chi connectivity index (χ1v) is 7.24. The molecule has 1 aromatic carbocycles. The summed E-state index contributed by atoms with van der Waals surface area (Å²) in [6, 6.07) is 8.31. The molecule has 0 saturated heterocycles. The summed E-state index contributed by atoms with van der Waals surface area (Å²) in [5, 5.41) is 13.7. The van der Waals surface area contributed by atoms with Crippen molar-refractivity contribution in [2.45, 2.75) is 13.5 Å². The summed E-state index contributed by atoms with van der Waals surface area (Å²) in [7, 11) is 1.72. The first kappa shape index (κ1) is 15.1. The Kier molecular flexibility index (Phi) is 4.59. The second-order valence-corrected chi connectivity index (χ2v) is 5.73. The van der Waals surface area contributed by atoms with Crippen LogP contribution in [0.15, 0.2) is 35.7 Å². The maximum absolute atomic E-state index is 12.1. The number of nitrogens with zero attached hydrogens (tertiary/aromatic N) is 1. The van der Waals surface area contributed by atoms with Gasteiger partial charge in [-0.15, -0.1) is 11.3 Å². The minimum Gasteiger partial charge on any atom is -0.478 e. The van der Waals surface area contributed by atoms with Crippen molar-refractivity contribution < 1.29 is 14.7 Å². The molecule has 1 aromatic heterocycles. The minimum atomic E-state index is -0.981. The van der Waals surface area contributed by atoms with Gasteiger partial charge in [0, 0.05) is 17.6 Å². The maximum atomic E-state index is 12.1. The van der Waals surface area contributed by atoms with Gasteiger partial charge in [0.15, 0.2) is 0 Å². The number of urea groups is 1. The molecule has 5 nitrogen and oxygen atoms in total. The van der Waals surface area contributed by atoms with Crippen molar-refractivity contribution in [3.05, 3.63) is 51.7 Å². The minimum absolute atomic E-state index is 0.206. The Morgan fingerprint density at radius 1 is 1.33 bits per heavy atom. The zero-order valence-corrected chi connectivity index (χ0v) is 12.6. The lowest BCUT2D eigenvalue weighted by molar-refractivity contribution is 0.0697. The van der Waals surface area contributed by atoms with Crippen molar-refractivity contribution in [2.24, 2.45) is 0 Å². The molecule has 0 aliphatic carbocycles. The van der Waals surface area contributed by atoms with Crippen LogP contribution in [0.5, 0.6) is 0 Å². The summed E-state index contributed by atoms with van der Waals surface area (Å²) >= 11 is 1.60. The van der Waals surface area contributed by atoms with Gasteiger partial charge >= 0.3 is 12.0 Å². The average molecular weight is 304 g/mol. The van der Waals surface area contributed by atoms with Crippen LogP contribution in [-0.2, 0) is 6.54 Å². The second-order valence-electron chi connectivity index (χ2n) is 4.70. The Bertz CT molecular complexity index is 653. The van der Waals surface area contributed by atoms with E-state index < -0.39 is 5.97 Å². The fourth-order valence-electron chi connectivity index (χ4n) is 1.86. The van der Waals surface area contributed by atoms with Crippen LogP contribution < -0.4 is 5.32 Å². The highest BCUT2D eigenvalue weighted by Gasteiger charge is 2.12. The first-order chi connectivity index (χ1) is 9.97. The van der Waals surface area contributed by atoms with Crippen LogP contribution in [0, 0.1) is 6.92 Å². The van der Waals surface area contributed by atoms with E-state index in [1.54, 1.807) is 36.3 Å². The number of aromatic carboxylic acids is 1. The molecule has 0 aliphatic rings. The monoisotopic (exact) mass is 304 g/mol. The first-order valence-electron chi connectivity index (χ1n) is 6.36. The second kappa shape index (κ2) is 6.41. The van der Waals surface area contributed by atoms with Gasteiger partial charge in [-0.25, -0.2) is 9.59 Å². The largest absolute Gasteiger partial charge is 0.478 e. The van der Waals surface area contributed by atoms with Gasteiger partial charge in [-0.3, -0.25) is 0 Å². The number of amides is 2. The molecule has 2 amide bonds. The van der Waals surface area contributed by atoms with E-state index in [-0.39, 0.29) is 11.6 Å². The number of anilines is 1. The lowest BCUT2D eigenvalue weighted by atomic mass is 10.1. The lowest BCUT2D eigenvalue weighted by Gasteiger charge is -2.18. The molecule has 0 saturated carbocycles. The predicted molar refractivity (Wildman–Crippen MR) is 82.9 cm³/mol. The van der Waals surface area contributed by atoms with Crippen LogP contribution in [0.25, 0.3) is 0 Å². The number of nitrogens with one attached hydrogen (secondary N) is 1. The van der Waals surface area contributed by atoms with Gasteiger partial charge in [0.2, 0.25) is 0 Å². The molecule has 0 unspecified atom stereocenters. The third kappa shape index (κ3) is 3.82. The molecule has 0 bridgehead atoms. The number of benzene rings is 1. The van der Waals surface area contributed by atoms with E-state index in [0.29, 0.717) is 17.8 Å². The number of thiophene rings is 1. The van der Waals surface area contributed by atoms with Crippen LogP contribution in [0.2, 0.25) is 0 Å². The summed E-state index contributed by atoms with van der Waals surface area (Å²) in [6.45, 7) is 2.30. The van der Waals surface area contributed by atoms with E-state index in [0.717, 1.165) is 4.88 Å². The van der Waals surface area contributed by atoms with Crippen LogP contribution in [-0.4, -0.2) is 29.1 Å². The summed E-state index contributed by atoms with van der Waals surface area (Å²) in [5.41, 5.74) is 1.54. The average Bonchev–Trinajstić information content (AvgIpc) is 2.93. The van der Waals surface area contributed by atoms with Gasteiger partial charge in [0.25, 0.3) is 0 Å². The van der Waals surface area contributed by atoms with Crippen LogP contribution in [0.4, 0.5) is 10.5 Å². The number of carbonyl (C=O) groups excluding carboxylic acids is 1. The van der Waals surface area contributed by atoms with Crippen molar-refractivity contribution in [1.29, 1.82) is 0 Å². The molecular formula is C15H16N2O3S. The molecule has 1 heterocycles. The smallest absolute Gasteiger partial charge is 0.335 e. The molecule has 2 rings (SSSR count). The van der Waals surface area contributed by atoms with E-state index in [1.165, 1.54) is 12.1 Å². The summed E-state index contributed by atoms with van der Waals surface area (Å²) in [6.07, 6.45) is 0. The number of carbonyl (C=O) groups is 2. The number of carboxylic acids is 1. The molecule has 6 heteroatoms. The molecule has 0 radical (unpaired) electrons. The highest BCUT2D eigenvalue weighted by molar-refractivity contribution is 7.09. The Morgan fingerprint density at radius 3 is 2.67 bits per heavy atom. The molecule has 110 valence electrons. The topological polar surface area (TPSA) is 69.6 Å². The normalized spacial score (nSPS) is 10.2. The number of rotatable bonds is 4. The fraction of sp³-hybridized carbons (Fsp3) is 0.200. The molecule has 0 spiro atoms. The molecule has 0 atom stereocenters. The number of carboxylic acid groups (broad SMARTS) is 1. The zero-order valence-electron chi connectivity index (χ0n) is 11.8. The zero-order chi connectivity index (χ0) is 15.4. The third-order valence-electron chi connectivity index (χ3n) is 3.03. The number of hydrogen-bond donors (Lipinski definition) is 2. The SMILES string of the molecule is Cc1cc(C(=O)O)ccc1NC(=O)N(C)Cc1cccs1. The Labute approximate surface area is 126 Å². The van der Waals surface area contributed by atoms with E-state index in [1.807, 2.05) is 17.5 Å². The van der Waals surface area contributed by atoms with Gasteiger partial charge in [-0.2, -0.15) is 0 Å². The molecule has 2 N–H and O–H groups in total. The predicted octanol–water partition coefficient (Wildman–Crippen LogP) is 3.42. The lowest BCUT2D eigenvalue weighted by Crippen LogP contribution is -2.30. The van der Waals surface area contributed by atoms with Gasteiger partial charge < -0.3 is 15.3 Å². The van der Waals surface area contributed by atoms with Gasteiger partial charge in [-0.1, -0.05) is 6.07 Å².